The van der Waals surface area contributed by atoms with E-state index >= 15 is 0 Å². The zero-order valence-corrected chi connectivity index (χ0v) is 18.7. The molecule has 148 valence electrons. The first-order valence-corrected chi connectivity index (χ1v) is 9.13. The van der Waals surface area contributed by atoms with Gasteiger partial charge in [-0.3, -0.25) is 9.89 Å². The molecule has 0 amide bonds. The van der Waals surface area contributed by atoms with Crippen LogP contribution in [0.25, 0.3) is 0 Å². The van der Waals surface area contributed by atoms with Crippen molar-refractivity contribution in [3.05, 3.63) is 71.0 Å². The number of guanidine groups is 1. The number of nitrogens with zero attached hydrogens (tertiary/aromatic N) is 2. The maximum Gasteiger partial charge on any atom is 0.191 e. The second kappa shape index (κ2) is 12.7. The Morgan fingerprint density at radius 1 is 0.926 bits per heavy atom. The van der Waals surface area contributed by atoms with Crippen LogP contribution < -0.4 is 10.6 Å². The zero-order valence-electron chi connectivity index (χ0n) is 16.3. The fraction of sp³-hybridized carbons (Fsp3) is 0.381. The molecule has 0 aliphatic rings. The molecule has 0 saturated carbocycles. The fourth-order valence-corrected chi connectivity index (χ4v) is 2.71. The molecule has 2 N–H and O–H groups in total. The van der Waals surface area contributed by atoms with Crippen LogP contribution in [0.2, 0.25) is 0 Å². The summed E-state index contributed by atoms with van der Waals surface area (Å²) in [6.07, 6.45) is 0. The Balaban J connectivity index is 0.00000364. The molecular weight excluding hydrogens is 454 g/mol. The largest absolute Gasteiger partial charge is 0.352 e. The van der Waals surface area contributed by atoms with E-state index < -0.39 is 0 Å². The van der Waals surface area contributed by atoms with E-state index in [-0.39, 0.29) is 29.8 Å². The first-order valence-electron chi connectivity index (χ1n) is 9.13. The maximum atomic E-state index is 13.2. The van der Waals surface area contributed by atoms with Crippen molar-refractivity contribution >= 4 is 29.9 Å². The Morgan fingerprint density at radius 3 is 2.07 bits per heavy atom. The monoisotopic (exact) mass is 484 g/mol. The van der Waals surface area contributed by atoms with Gasteiger partial charge in [0.1, 0.15) is 5.82 Å². The van der Waals surface area contributed by atoms with Gasteiger partial charge in [-0.2, -0.15) is 0 Å². The highest BCUT2D eigenvalue weighted by Crippen LogP contribution is 2.08. The Bertz CT molecular complexity index is 700. The molecule has 0 bridgehead atoms. The zero-order chi connectivity index (χ0) is 18.8. The van der Waals surface area contributed by atoms with E-state index in [2.05, 4.69) is 58.6 Å². The normalized spacial score (nSPS) is 11.2. The van der Waals surface area contributed by atoms with Gasteiger partial charge in [-0.15, -0.1) is 24.0 Å². The summed E-state index contributed by atoms with van der Waals surface area (Å²) < 4.78 is 13.2. The Labute approximate surface area is 179 Å². The maximum absolute atomic E-state index is 13.2. The van der Waals surface area contributed by atoms with Gasteiger partial charge in [0.15, 0.2) is 5.96 Å². The second-order valence-electron chi connectivity index (χ2n) is 6.19. The van der Waals surface area contributed by atoms with E-state index in [1.54, 1.807) is 13.1 Å². The van der Waals surface area contributed by atoms with Crippen LogP contribution in [0.3, 0.4) is 0 Å². The molecule has 0 saturated heterocycles. The third-order valence-electron chi connectivity index (χ3n) is 4.36. The first-order chi connectivity index (χ1) is 12.6. The highest BCUT2D eigenvalue weighted by molar-refractivity contribution is 14.0. The van der Waals surface area contributed by atoms with Crippen LogP contribution in [-0.2, 0) is 19.6 Å². The molecule has 2 rings (SSSR count). The third kappa shape index (κ3) is 8.26. The number of benzene rings is 2. The van der Waals surface area contributed by atoms with Crippen LogP contribution in [0.4, 0.5) is 4.39 Å². The first kappa shape index (κ1) is 23.4. The van der Waals surface area contributed by atoms with Crippen LogP contribution in [0.5, 0.6) is 0 Å². The summed E-state index contributed by atoms with van der Waals surface area (Å²) in [5.41, 5.74) is 3.40. The number of nitrogens with one attached hydrogen (secondary N) is 2. The molecule has 2 aromatic carbocycles. The van der Waals surface area contributed by atoms with Crippen LogP contribution in [0, 0.1) is 5.82 Å². The lowest BCUT2D eigenvalue weighted by Crippen LogP contribution is -2.36. The summed E-state index contributed by atoms with van der Waals surface area (Å²) in [4.78, 5) is 6.61. The molecular formula is C21H30FIN4. The molecule has 0 fully saturated rings. The second-order valence-corrected chi connectivity index (χ2v) is 6.19. The molecule has 6 heteroatoms. The Kier molecular flexibility index (Phi) is 11.0. The molecule has 4 nitrogen and oxygen atoms in total. The lowest BCUT2D eigenvalue weighted by atomic mass is 10.1. The highest BCUT2D eigenvalue weighted by atomic mass is 127. The Hall–Kier alpha value is -1.67. The minimum absolute atomic E-state index is 0. The summed E-state index contributed by atoms with van der Waals surface area (Å²) in [6.45, 7) is 8.70. The van der Waals surface area contributed by atoms with E-state index in [4.69, 9.17) is 0 Å². The highest BCUT2D eigenvalue weighted by Gasteiger charge is 2.03. The van der Waals surface area contributed by atoms with Gasteiger partial charge in [0.05, 0.1) is 0 Å². The molecule has 0 aromatic heterocycles. The summed E-state index contributed by atoms with van der Waals surface area (Å²) in [5, 5.41) is 6.49. The quantitative estimate of drug-likeness (QED) is 0.336. The molecule has 0 unspecified atom stereocenters. The van der Waals surface area contributed by atoms with Crippen molar-refractivity contribution in [3.63, 3.8) is 0 Å². The number of halogens is 2. The smallest absolute Gasteiger partial charge is 0.191 e. The van der Waals surface area contributed by atoms with Gasteiger partial charge in [0.25, 0.3) is 0 Å². The minimum atomic E-state index is -0.225. The number of hydrogen-bond acceptors (Lipinski definition) is 2. The minimum Gasteiger partial charge on any atom is -0.352 e. The van der Waals surface area contributed by atoms with Crippen molar-refractivity contribution in [1.29, 1.82) is 0 Å². The van der Waals surface area contributed by atoms with Crippen molar-refractivity contribution in [2.24, 2.45) is 4.99 Å². The summed E-state index contributed by atoms with van der Waals surface area (Å²) in [5.74, 6) is 0.471. The van der Waals surface area contributed by atoms with Gasteiger partial charge in [-0.25, -0.2) is 4.39 Å². The molecule has 27 heavy (non-hydrogen) atoms. The molecule has 0 aliphatic heterocycles. The van der Waals surface area contributed by atoms with Crippen molar-refractivity contribution in [3.8, 4) is 0 Å². The standard InChI is InChI=1S/C21H29FN4.HI/c1-4-26(5-2)16-18-11-9-17(10-12-18)14-24-21(23-3)25-15-19-7-6-8-20(22)13-19;/h6-13H,4-5,14-16H2,1-3H3,(H2,23,24,25);1H. The molecule has 0 spiro atoms. The van der Waals surface area contributed by atoms with Crippen LogP contribution in [-0.4, -0.2) is 31.0 Å². The van der Waals surface area contributed by atoms with Gasteiger partial charge < -0.3 is 10.6 Å². The van der Waals surface area contributed by atoms with E-state index in [0.29, 0.717) is 19.0 Å². The SMILES string of the molecule is CCN(CC)Cc1ccc(CNC(=NC)NCc2cccc(F)c2)cc1.I. The van der Waals surface area contributed by atoms with Gasteiger partial charge in [0.2, 0.25) is 0 Å². The fourth-order valence-electron chi connectivity index (χ4n) is 2.71. The number of hydrogen-bond donors (Lipinski definition) is 2. The van der Waals surface area contributed by atoms with E-state index in [1.165, 1.54) is 23.3 Å². The average molecular weight is 484 g/mol. The van der Waals surface area contributed by atoms with Crippen LogP contribution in [0.15, 0.2) is 53.5 Å². The predicted octanol–water partition coefficient (Wildman–Crippen LogP) is 4.15. The molecule has 0 aliphatic carbocycles. The summed E-state index contributed by atoms with van der Waals surface area (Å²) >= 11 is 0. The molecule has 2 aromatic rings. The predicted molar refractivity (Wildman–Crippen MR) is 122 cm³/mol. The van der Waals surface area contributed by atoms with Crippen LogP contribution >= 0.6 is 24.0 Å². The van der Waals surface area contributed by atoms with Crippen molar-refractivity contribution in [2.45, 2.75) is 33.5 Å². The summed E-state index contributed by atoms with van der Waals surface area (Å²) in [6, 6.07) is 15.2. The Morgan fingerprint density at radius 2 is 1.52 bits per heavy atom. The molecule has 0 atom stereocenters. The molecule has 0 heterocycles. The van der Waals surface area contributed by atoms with E-state index in [1.807, 2.05) is 6.07 Å². The third-order valence-corrected chi connectivity index (χ3v) is 4.36. The number of rotatable bonds is 8. The van der Waals surface area contributed by atoms with Gasteiger partial charge in [0, 0.05) is 26.7 Å². The van der Waals surface area contributed by atoms with E-state index in [0.717, 1.165) is 25.2 Å². The van der Waals surface area contributed by atoms with Crippen LogP contribution in [0.1, 0.15) is 30.5 Å². The van der Waals surface area contributed by atoms with Crippen molar-refractivity contribution in [1.82, 2.24) is 15.5 Å². The van der Waals surface area contributed by atoms with Gasteiger partial charge >= 0.3 is 0 Å². The lowest BCUT2D eigenvalue weighted by molar-refractivity contribution is 0.296. The van der Waals surface area contributed by atoms with Gasteiger partial charge in [-0.1, -0.05) is 50.2 Å². The van der Waals surface area contributed by atoms with Crippen molar-refractivity contribution < 1.29 is 4.39 Å². The topological polar surface area (TPSA) is 39.7 Å². The molecule has 0 radical (unpaired) electrons. The summed E-state index contributed by atoms with van der Waals surface area (Å²) in [7, 11) is 1.73. The van der Waals surface area contributed by atoms with E-state index in [9.17, 15) is 4.39 Å². The van der Waals surface area contributed by atoms with Gasteiger partial charge in [-0.05, 0) is 41.9 Å². The van der Waals surface area contributed by atoms with Crippen molar-refractivity contribution in [2.75, 3.05) is 20.1 Å². The lowest BCUT2D eigenvalue weighted by Gasteiger charge is -2.18. The number of aliphatic imine (C=N–C) groups is 1. The average Bonchev–Trinajstić information content (AvgIpc) is 2.67.